The number of aromatic nitrogens is 3. The molecule has 5 atom stereocenters. The van der Waals surface area contributed by atoms with Crippen LogP contribution in [0, 0.1) is 11.8 Å². The molecular formula is C63H69N11O20P3+. The number of Topliss-reactive ketones (excluding diaryl/α,β-unsaturated/α-hetero) is 1. The number of hydrogen-bond donors (Lipinski definition) is 8. The molecule has 0 aliphatic carbocycles. The third-order valence-electron chi connectivity index (χ3n) is 17.3. The van der Waals surface area contributed by atoms with Crippen molar-refractivity contribution < 1.29 is 94.4 Å². The highest BCUT2D eigenvalue weighted by molar-refractivity contribution is 7.66. The first-order chi connectivity index (χ1) is 46.6. The second kappa shape index (κ2) is 29.4. The summed E-state index contributed by atoms with van der Waals surface area (Å²) in [6.45, 7) is 2.53. The fraction of sp³-hybridized carbons (Fsp3) is 0.413. The Morgan fingerprint density at radius 3 is 2.46 bits per heavy atom. The average Bonchev–Trinajstić information content (AvgIpc) is 1.28. The van der Waals surface area contributed by atoms with E-state index in [4.69, 9.17) is 43.7 Å². The number of ketones is 1. The highest BCUT2D eigenvalue weighted by atomic mass is 31.3. The van der Waals surface area contributed by atoms with E-state index in [1.165, 1.54) is 51.8 Å². The van der Waals surface area contributed by atoms with Crippen LogP contribution in [-0.2, 0) is 71.5 Å². The number of nitrogens with one attached hydrogen (secondary N) is 2. The van der Waals surface area contributed by atoms with Crippen molar-refractivity contribution in [2.75, 3.05) is 82.9 Å². The second-order valence-electron chi connectivity index (χ2n) is 23.8. The Bertz CT molecular complexity index is 4560. The number of rotatable bonds is 27. The lowest BCUT2D eigenvalue weighted by Gasteiger charge is -2.39. The lowest BCUT2D eigenvalue weighted by atomic mass is 9.82. The van der Waals surface area contributed by atoms with E-state index in [0.717, 1.165) is 105 Å². The van der Waals surface area contributed by atoms with Gasteiger partial charge in [0.25, 0.3) is 5.91 Å². The van der Waals surface area contributed by atoms with Gasteiger partial charge in [-0.1, -0.05) is 23.0 Å². The zero-order chi connectivity index (χ0) is 68.2. The summed E-state index contributed by atoms with van der Waals surface area (Å²) in [6.07, 6.45) is 8.58. The van der Waals surface area contributed by atoms with Crippen LogP contribution >= 0.6 is 23.5 Å². The molecule has 0 bridgehead atoms. The number of phosphoric acid groups is 3. The van der Waals surface area contributed by atoms with Gasteiger partial charge in [0.1, 0.15) is 67.6 Å². The third kappa shape index (κ3) is 16.0. The average molecular weight is 1390 g/mol. The molecule has 0 saturated carbocycles. The predicted octanol–water partition coefficient (Wildman–Crippen LogP) is 5.78. The molecule has 6 aromatic rings. The summed E-state index contributed by atoms with van der Waals surface area (Å²) in [5, 5.41) is 22.2. The second-order valence-corrected chi connectivity index (χ2v) is 28.2. The van der Waals surface area contributed by atoms with E-state index in [1.807, 2.05) is 6.07 Å². The number of aromatic carboxylic acids is 1. The Labute approximate surface area is 553 Å². The lowest BCUT2D eigenvalue weighted by Crippen LogP contribution is -2.45. The summed E-state index contributed by atoms with van der Waals surface area (Å²) in [5.41, 5.74) is 25.3. The number of nitrogens with two attached hydrogens (primary N) is 1. The molecule has 0 spiro atoms. The molecule has 510 valence electrons. The first-order valence-corrected chi connectivity index (χ1v) is 36.0. The van der Waals surface area contributed by atoms with Crippen LogP contribution in [0.3, 0.4) is 0 Å². The van der Waals surface area contributed by atoms with Gasteiger partial charge in [0.05, 0.1) is 54.5 Å². The Hall–Kier alpha value is -8.39. The van der Waals surface area contributed by atoms with Gasteiger partial charge in [-0.2, -0.15) is 8.62 Å². The van der Waals surface area contributed by atoms with Crippen molar-refractivity contribution in [3.8, 4) is 29.1 Å². The first kappa shape index (κ1) is 68.5. The molecule has 4 aromatic carbocycles. The number of nitrogens with zero attached hydrogens (tertiary/aromatic N) is 8. The predicted molar refractivity (Wildman–Crippen MR) is 346 cm³/mol. The largest absolute Gasteiger partial charge is 0.491 e. The molecule has 31 nitrogen and oxygen atoms in total. The van der Waals surface area contributed by atoms with Crippen molar-refractivity contribution in [3.05, 3.63) is 144 Å². The number of hydrogen-bond acceptors (Lipinski definition) is 20. The van der Waals surface area contributed by atoms with E-state index in [0.29, 0.717) is 28.6 Å². The van der Waals surface area contributed by atoms with Gasteiger partial charge in [0.2, 0.25) is 11.3 Å². The van der Waals surface area contributed by atoms with Crippen LogP contribution in [0.4, 0.5) is 11.5 Å². The quantitative estimate of drug-likeness (QED) is 0.00442. The van der Waals surface area contributed by atoms with Crippen LogP contribution in [0.5, 0.6) is 17.2 Å². The van der Waals surface area contributed by atoms with Gasteiger partial charge in [-0.25, -0.2) is 33.0 Å². The van der Waals surface area contributed by atoms with Crippen molar-refractivity contribution in [1.29, 1.82) is 0 Å². The Morgan fingerprint density at radius 1 is 0.876 bits per heavy atom. The number of benzene rings is 4. The molecule has 97 heavy (non-hydrogen) atoms. The van der Waals surface area contributed by atoms with Crippen molar-refractivity contribution in [2.24, 2.45) is 5.11 Å². The molecule has 1 fully saturated rings. The van der Waals surface area contributed by atoms with Gasteiger partial charge >= 0.3 is 29.4 Å². The summed E-state index contributed by atoms with van der Waals surface area (Å²) >= 11 is 0. The third-order valence-corrected chi connectivity index (χ3v) is 21.1. The maximum Gasteiger partial charge on any atom is 0.490 e. The number of carboxylic acids is 1. The van der Waals surface area contributed by atoms with Gasteiger partial charge in [-0.3, -0.25) is 18.9 Å². The minimum atomic E-state index is -5.71. The molecule has 6 aliphatic rings. The van der Waals surface area contributed by atoms with Crippen LogP contribution in [0.2, 0.25) is 0 Å². The van der Waals surface area contributed by atoms with E-state index in [-0.39, 0.29) is 92.8 Å². The van der Waals surface area contributed by atoms with Crippen LogP contribution in [-0.4, -0.2) is 147 Å². The van der Waals surface area contributed by atoms with E-state index in [9.17, 15) is 53.3 Å². The molecule has 9 N–H and O–H groups in total. The molecule has 1 saturated heterocycles. The van der Waals surface area contributed by atoms with Gasteiger partial charge < -0.3 is 74.2 Å². The number of anilines is 2. The fourth-order valence-corrected chi connectivity index (χ4v) is 16.4. The normalized spacial score (nSPS) is 18.3. The number of carboxylic acid groups (broad SMARTS) is 1. The number of fused-ring (bicyclic) bond motifs is 5. The van der Waals surface area contributed by atoms with Gasteiger partial charge in [0, 0.05) is 94.3 Å². The molecule has 3 unspecified atom stereocenters. The Kier molecular flexibility index (Phi) is 20.7. The maximum absolute atomic E-state index is 14.2. The Morgan fingerprint density at radius 2 is 1.66 bits per heavy atom. The summed E-state index contributed by atoms with van der Waals surface area (Å²) in [7, 11) is -16.7. The summed E-state index contributed by atoms with van der Waals surface area (Å²) in [5.74, 6) is 5.37. The van der Waals surface area contributed by atoms with Gasteiger partial charge in [-0.15, -0.1) is 0 Å². The summed E-state index contributed by atoms with van der Waals surface area (Å²) in [6, 6.07) is 15.7. The fourth-order valence-electron chi connectivity index (χ4n) is 13.3. The topological polar surface area (TPSA) is 430 Å². The molecule has 12 rings (SSSR count). The number of ether oxygens (including phenoxy) is 5. The summed E-state index contributed by atoms with van der Waals surface area (Å²) < 4.78 is 81.2. The number of amides is 2. The molecule has 2 amide bonds. The number of carbonyl (C=O) groups excluding carboxylic acids is 3. The standard InChI is InChI=1S/C63H68N11O20P3/c64-60-55-40(32-74(61(55)69-36-68-60)53-17-16-45(91-53)33-90-96(83,84)94-97(85,86)93-95(80,81)82)9-2-18-66-51(76)34-87-24-25-88-52(70-71-65)35-89-44-12-1-8-39(29-44)62(77)67-19-3-15-50(75)41-26-42(28-43(27-41)63(78)79)54-48-30-37-10-4-20-72-22-6-13-46(56(37)72)58(48)92-59-47-14-7-23-73-21-5-11-38(57(47)73)31-49(54)59/h1,8,12,26-32,36,45,52-53H,3-7,10-11,13-25,33-35H2,(H8-,64,66,67,68,69,76,77,78,79,80,81,82,83,84,85,86)/p+1/t45-,52?,53+/m0/s1. The minimum absolute atomic E-state index is 0.000836. The summed E-state index contributed by atoms with van der Waals surface area (Å²) in [4.78, 5) is 104. The zero-order valence-electron chi connectivity index (χ0n) is 52.2. The van der Waals surface area contributed by atoms with Crippen molar-refractivity contribution in [2.45, 2.75) is 95.6 Å². The number of phosphoric ester groups is 1. The van der Waals surface area contributed by atoms with Crippen LogP contribution in [0.25, 0.3) is 27.0 Å². The zero-order valence-corrected chi connectivity index (χ0v) is 54.9. The van der Waals surface area contributed by atoms with Crippen LogP contribution in [0.15, 0.2) is 72.2 Å². The van der Waals surface area contributed by atoms with Gasteiger partial charge in [0.15, 0.2) is 12.0 Å². The monoisotopic (exact) mass is 1390 g/mol. The smallest absolute Gasteiger partial charge is 0.490 e. The SMILES string of the molecule is [N-]=[N+]=NC(COc1cccc(C(=O)NCCCC(=O)c2cc(C(=O)O)cc(C3=c4cc5c6c(c4Oc4c3cc3c7c4CCCN7CCC3)CCC[N+]=6CCC5)c2)c1)OCCOCC(=O)NCC#Cc1cn([C@H]2CC[C@@H](COP(=O)(O)OP(=O)(O)OP(=O)(O)O)O2)c2ncnc(N)c12. The van der Waals surface area contributed by atoms with Crippen molar-refractivity contribution in [3.63, 3.8) is 0 Å². The number of nitrogen functional groups attached to an aromatic ring is 1. The van der Waals surface area contributed by atoms with Crippen LogP contribution < -0.4 is 45.9 Å². The highest BCUT2D eigenvalue weighted by Gasteiger charge is 2.42. The molecular weight excluding hydrogens is 1320 g/mol. The van der Waals surface area contributed by atoms with Crippen molar-refractivity contribution >= 4 is 75.1 Å². The van der Waals surface area contributed by atoms with Gasteiger partial charge in [-0.05, 0) is 123 Å². The number of aryl methyl sites for hydroxylation is 2. The molecule has 6 aliphatic heterocycles. The number of carbonyl (C=O) groups is 4. The number of azide groups is 1. The molecule has 2 aromatic heterocycles. The molecule has 34 heteroatoms. The first-order valence-electron chi connectivity index (χ1n) is 31.5. The van der Waals surface area contributed by atoms with E-state index in [1.54, 1.807) is 35.0 Å². The molecule has 8 heterocycles. The van der Waals surface area contributed by atoms with E-state index in [2.05, 4.69) is 72.7 Å². The minimum Gasteiger partial charge on any atom is -0.491 e. The van der Waals surface area contributed by atoms with E-state index >= 15 is 0 Å². The van der Waals surface area contributed by atoms with Crippen LogP contribution in [0.1, 0.15) is 128 Å². The Balaban J connectivity index is 0.605. The van der Waals surface area contributed by atoms with Crippen molar-refractivity contribution in [1.82, 2.24) is 29.7 Å². The van der Waals surface area contributed by atoms with E-state index < -0.39 is 66.4 Å². The molecule has 0 radical (unpaired) electrons. The maximum atomic E-state index is 14.2. The highest BCUT2D eigenvalue weighted by Crippen LogP contribution is 2.66. The lowest BCUT2D eigenvalue weighted by molar-refractivity contribution is -0.126.